The first-order chi connectivity index (χ1) is 8.74. The molecule has 3 rings (SSSR count). The van der Waals surface area contributed by atoms with Gasteiger partial charge >= 0.3 is 5.97 Å². The molecule has 0 radical (unpaired) electrons. The van der Waals surface area contributed by atoms with Crippen molar-refractivity contribution in [1.82, 2.24) is 10.2 Å². The first-order valence-electron chi connectivity index (χ1n) is 7.06. The van der Waals surface area contributed by atoms with Gasteiger partial charge in [0, 0.05) is 19.1 Å². The topological polar surface area (TPSA) is 61.8 Å². The fraction of sp³-hybridized carbons (Fsp3) is 0.923. The molecule has 3 unspecified atom stereocenters. The number of fused-ring (bicyclic) bond motifs is 1. The van der Waals surface area contributed by atoms with Crippen molar-refractivity contribution in [3.05, 3.63) is 0 Å². The van der Waals surface area contributed by atoms with Crippen LogP contribution in [0.2, 0.25) is 0 Å². The molecule has 2 N–H and O–H groups in total. The Morgan fingerprint density at radius 2 is 2.28 bits per heavy atom. The molecule has 2 aliphatic heterocycles. The Morgan fingerprint density at radius 1 is 1.44 bits per heavy atom. The van der Waals surface area contributed by atoms with Crippen molar-refractivity contribution in [2.45, 2.75) is 43.9 Å². The third-order valence-electron chi connectivity index (χ3n) is 4.39. The molecule has 3 aliphatic rings. The Labute approximate surface area is 107 Å². The van der Waals surface area contributed by atoms with E-state index in [1.54, 1.807) is 0 Å². The Hall–Kier alpha value is -0.650. The second-order valence-corrected chi connectivity index (χ2v) is 5.81. The van der Waals surface area contributed by atoms with E-state index in [0.717, 1.165) is 26.0 Å². The molecule has 1 aliphatic carbocycles. The maximum absolute atomic E-state index is 11.1. The van der Waals surface area contributed by atoms with Gasteiger partial charge in [-0.15, -0.1) is 0 Å². The van der Waals surface area contributed by atoms with Crippen LogP contribution in [0.4, 0.5) is 0 Å². The summed E-state index contributed by atoms with van der Waals surface area (Å²) < 4.78 is 5.83. The Balaban J connectivity index is 1.46. The van der Waals surface area contributed by atoms with Crippen LogP contribution in [0.25, 0.3) is 0 Å². The highest BCUT2D eigenvalue weighted by Crippen LogP contribution is 2.32. The number of carboxylic acids is 1. The van der Waals surface area contributed by atoms with Crippen molar-refractivity contribution in [2.24, 2.45) is 5.92 Å². The van der Waals surface area contributed by atoms with Gasteiger partial charge in [-0.05, 0) is 38.1 Å². The zero-order valence-electron chi connectivity index (χ0n) is 10.7. The molecular weight excluding hydrogens is 232 g/mol. The summed E-state index contributed by atoms with van der Waals surface area (Å²) >= 11 is 0. The fourth-order valence-electron chi connectivity index (χ4n) is 3.15. The summed E-state index contributed by atoms with van der Waals surface area (Å²) in [6.07, 6.45) is 4.77. The van der Waals surface area contributed by atoms with Crippen LogP contribution in [-0.4, -0.2) is 60.4 Å². The van der Waals surface area contributed by atoms with Gasteiger partial charge in [0.05, 0.1) is 12.7 Å². The summed E-state index contributed by atoms with van der Waals surface area (Å²) in [5.74, 6) is -0.377. The third-order valence-corrected chi connectivity index (χ3v) is 4.39. The molecule has 2 heterocycles. The van der Waals surface area contributed by atoms with Crippen LogP contribution in [0.3, 0.4) is 0 Å². The number of nitrogens with one attached hydrogen (secondary N) is 1. The van der Waals surface area contributed by atoms with Crippen LogP contribution in [0.1, 0.15) is 25.7 Å². The summed E-state index contributed by atoms with van der Waals surface area (Å²) in [4.78, 5) is 13.6. The zero-order chi connectivity index (χ0) is 12.5. The predicted octanol–water partition coefficient (Wildman–Crippen LogP) is 0.302. The van der Waals surface area contributed by atoms with Crippen LogP contribution in [0.15, 0.2) is 0 Å². The first-order valence-corrected chi connectivity index (χ1v) is 7.06. The van der Waals surface area contributed by atoms with Gasteiger partial charge in [0.25, 0.3) is 0 Å². The highest BCUT2D eigenvalue weighted by Gasteiger charge is 2.37. The van der Waals surface area contributed by atoms with Crippen LogP contribution < -0.4 is 5.32 Å². The van der Waals surface area contributed by atoms with Gasteiger partial charge in [-0.2, -0.15) is 0 Å². The second-order valence-electron chi connectivity index (χ2n) is 5.81. The maximum Gasteiger partial charge on any atom is 0.320 e. The molecule has 0 aromatic rings. The maximum atomic E-state index is 11.1. The largest absolute Gasteiger partial charge is 0.480 e. The van der Waals surface area contributed by atoms with Gasteiger partial charge in [0.1, 0.15) is 6.04 Å². The highest BCUT2D eigenvalue weighted by atomic mass is 16.5. The van der Waals surface area contributed by atoms with Crippen molar-refractivity contribution >= 4 is 5.97 Å². The van der Waals surface area contributed by atoms with E-state index in [1.807, 2.05) is 0 Å². The number of hydrogen-bond acceptors (Lipinski definition) is 4. The van der Waals surface area contributed by atoms with Gasteiger partial charge in [-0.25, -0.2) is 0 Å². The van der Waals surface area contributed by atoms with Crippen molar-refractivity contribution in [2.75, 3.05) is 26.2 Å². The summed E-state index contributed by atoms with van der Waals surface area (Å²) in [6.45, 7) is 3.61. The molecule has 18 heavy (non-hydrogen) atoms. The number of nitrogens with zero attached hydrogens (tertiary/aromatic N) is 1. The number of rotatable bonds is 5. The molecule has 0 aromatic heterocycles. The van der Waals surface area contributed by atoms with Crippen molar-refractivity contribution in [3.63, 3.8) is 0 Å². The third kappa shape index (κ3) is 2.68. The number of hydrogen-bond donors (Lipinski definition) is 2. The first kappa shape index (κ1) is 12.4. The van der Waals surface area contributed by atoms with Crippen molar-refractivity contribution < 1.29 is 14.6 Å². The van der Waals surface area contributed by atoms with Crippen LogP contribution in [0, 0.1) is 5.92 Å². The number of carbonyl (C=O) groups is 1. The zero-order valence-corrected chi connectivity index (χ0v) is 10.7. The summed E-state index contributed by atoms with van der Waals surface area (Å²) in [7, 11) is 0. The van der Waals surface area contributed by atoms with Crippen LogP contribution >= 0.6 is 0 Å². The molecule has 2 saturated heterocycles. The Morgan fingerprint density at radius 3 is 3.00 bits per heavy atom. The summed E-state index contributed by atoms with van der Waals surface area (Å²) in [5, 5.41) is 12.3. The molecule has 0 spiro atoms. The van der Waals surface area contributed by atoms with Gasteiger partial charge < -0.3 is 15.2 Å². The second kappa shape index (κ2) is 5.15. The monoisotopic (exact) mass is 254 g/mol. The molecule has 0 bridgehead atoms. The number of aliphatic carboxylic acids is 1. The molecule has 0 amide bonds. The van der Waals surface area contributed by atoms with E-state index in [-0.39, 0.29) is 12.1 Å². The van der Waals surface area contributed by atoms with Gasteiger partial charge in [-0.1, -0.05) is 0 Å². The molecule has 3 atom stereocenters. The summed E-state index contributed by atoms with van der Waals surface area (Å²) in [6, 6.07) is 0.241. The van der Waals surface area contributed by atoms with Crippen LogP contribution in [-0.2, 0) is 9.53 Å². The Bertz CT molecular complexity index is 319. The minimum Gasteiger partial charge on any atom is -0.480 e. The van der Waals surface area contributed by atoms with E-state index in [9.17, 15) is 4.79 Å². The normalized spacial score (nSPS) is 34.2. The number of ether oxygens (including phenoxy) is 1. The van der Waals surface area contributed by atoms with E-state index in [2.05, 4.69) is 10.2 Å². The van der Waals surface area contributed by atoms with E-state index in [0.29, 0.717) is 18.5 Å². The number of carboxylic acid groups (broad SMARTS) is 1. The minimum atomic E-state index is -0.715. The van der Waals surface area contributed by atoms with Crippen LogP contribution in [0.5, 0.6) is 0 Å². The lowest BCUT2D eigenvalue weighted by molar-refractivity contribution is -0.140. The Kier molecular flexibility index (Phi) is 3.54. The SMILES string of the molecule is O=C(O)C(NCC1CN2CCCC2CO1)C1CC1. The summed E-state index contributed by atoms with van der Waals surface area (Å²) in [5.41, 5.74) is 0. The standard InChI is InChI=1S/C13H22N2O3/c16-13(17)12(9-3-4-9)14-6-11-7-15-5-1-2-10(15)8-18-11/h9-12,14H,1-8H2,(H,16,17). The molecule has 5 heteroatoms. The fourth-order valence-corrected chi connectivity index (χ4v) is 3.15. The lowest BCUT2D eigenvalue weighted by Gasteiger charge is -2.35. The van der Waals surface area contributed by atoms with E-state index >= 15 is 0 Å². The van der Waals surface area contributed by atoms with Gasteiger partial charge in [0.15, 0.2) is 0 Å². The smallest absolute Gasteiger partial charge is 0.320 e. The number of morpholine rings is 1. The molecular formula is C13H22N2O3. The van der Waals surface area contributed by atoms with Crippen molar-refractivity contribution in [3.8, 4) is 0 Å². The van der Waals surface area contributed by atoms with E-state index < -0.39 is 5.97 Å². The van der Waals surface area contributed by atoms with Gasteiger partial charge in [-0.3, -0.25) is 9.69 Å². The highest BCUT2D eigenvalue weighted by molar-refractivity contribution is 5.74. The lowest BCUT2D eigenvalue weighted by atomic mass is 10.1. The average molecular weight is 254 g/mol. The molecule has 1 saturated carbocycles. The molecule has 3 fully saturated rings. The van der Waals surface area contributed by atoms with E-state index in [4.69, 9.17) is 9.84 Å². The van der Waals surface area contributed by atoms with Crippen molar-refractivity contribution in [1.29, 1.82) is 0 Å². The molecule has 5 nitrogen and oxygen atoms in total. The molecule has 0 aromatic carbocycles. The average Bonchev–Trinajstić information content (AvgIpc) is 3.07. The van der Waals surface area contributed by atoms with Gasteiger partial charge in [0.2, 0.25) is 0 Å². The molecule has 102 valence electrons. The quantitative estimate of drug-likeness (QED) is 0.739. The predicted molar refractivity (Wildman–Crippen MR) is 66.5 cm³/mol. The lowest BCUT2D eigenvalue weighted by Crippen LogP contribution is -2.51. The minimum absolute atomic E-state index is 0.153. The van der Waals surface area contributed by atoms with E-state index in [1.165, 1.54) is 19.4 Å².